The molecule has 5 rings (SSSR count). The molecular weight excluding hydrogens is 470 g/mol. The fourth-order valence-corrected chi connectivity index (χ4v) is 6.34. The lowest BCUT2D eigenvalue weighted by molar-refractivity contribution is 0.727. The van der Waals surface area contributed by atoms with Crippen molar-refractivity contribution in [3.05, 3.63) is 81.6 Å². The van der Waals surface area contributed by atoms with Crippen LogP contribution in [0.1, 0.15) is 23.6 Å². The van der Waals surface area contributed by atoms with E-state index in [0.29, 0.717) is 17.8 Å². The monoisotopic (exact) mass is 491 g/mol. The maximum atomic E-state index is 13.0. The molecule has 0 saturated carbocycles. The van der Waals surface area contributed by atoms with Crippen LogP contribution in [0.2, 0.25) is 0 Å². The van der Waals surface area contributed by atoms with E-state index in [-0.39, 0.29) is 10.8 Å². The van der Waals surface area contributed by atoms with Gasteiger partial charge in [0.15, 0.2) is 11.0 Å². The Morgan fingerprint density at radius 2 is 2.12 bits per heavy atom. The second-order valence-electron chi connectivity index (χ2n) is 7.59. The third kappa shape index (κ3) is 4.19. The van der Waals surface area contributed by atoms with Crippen LogP contribution in [-0.4, -0.2) is 24.7 Å². The van der Waals surface area contributed by atoms with Gasteiger partial charge in [0.1, 0.15) is 10.7 Å². The number of thiophene rings is 2. The molecule has 33 heavy (non-hydrogen) atoms. The average Bonchev–Trinajstić information content (AvgIpc) is 3.54. The van der Waals surface area contributed by atoms with E-state index in [1.165, 1.54) is 23.1 Å². The molecule has 6 nitrogen and oxygen atoms in total. The van der Waals surface area contributed by atoms with Crippen LogP contribution in [0.4, 0.5) is 0 Å². The summed E-state index contributed by atoms with van der Waals surface area (Å²) in [7, 11) is 0. The third-order valence-electron chi connectivity index (χ3n) is 5.22. The molecule has 0 radical (unpaired) electrons. The molecule has 4 aromatic heterocycles. The number of rotatable bonds is 7. The predicted octanol–water partition coefficient (Wildman–Crippen LogP) is 6.32. The molecule has 1 unspecified atom stereocenters. The molecule has 4 heterocycles. The summed E-state index contributed by atoms with van der Waals surface area (Å²) in [5.74, 6) is 1.42. The number of hydrogen-bond donors (Lipinski definition) is 1. The fourth-order valence-electron chi connectivity index (χ4n) is 3.65. The summed E-state index contributed by atoms with van der Waals surface area (Å²) in [6.07, 6.45) is 1.83. The van der Waals surface area contributed by atoms with Crippen LogP contribution in [0, 0.1) is 6.92 Å². The van der Waals surface area contributed by atoms with Gasteiger partial charge in [-0.25, -0.2) is 4.98 Å². The topological polar surface area (TPSA) is 76.5 Å². The number of fused-ring (bicyclic) bond motifs is 1. The van der Waals surface area contributed by atoms with E-state index in [9.17, 15) is 4.79 Å². The van der Waals surface area contributed by atoms with Gasteiger partial charge in [0.05, 0.1) is 10.6 Å². The van der Waals surface area contributed by atoms with Crippen molar-refractivity contribution in [3.63, 3.8) is 0 Å². The molecule has 0 aliphatic rings. The van der Waals surface area contributed by atoms with Crippen LogP contribution < -0.4 is 5.56 Å². The zero-order valence-corrected chi connectivity index (χ0v) is 20.6. The molecule has 166 valence electrons. The maximum Gasteiger partial charge on any atom is 0.260 e. The van der Waals surface area contributed by atoms with Gasteiger partial charge in [-0.15, -0.1) is 39.4 Å². The lowest BCUT2D eigenvalue weighted by Crippen LogP contribution is -2.12. The Bertz CT molecular complexity index is 1500. The van der Waals surface area contributed by atoms with Crippen molar-refractivity contribution < 1.29 is 0 Å². The molecule has 0 amide bonds. The van der Waals surface area contributed by atoms with Crippen LogP contribution >= 0.6 is 34.4 Å². The Hall–Kier alpha value is -3.01. The second kappa shape index (κ2) is 9.09. The molecule has 1 aromatic carbocycles. The van der Waals surface area contributed by atoms with Crippen molar-refractivity contribution in [3.8, 4) is 21.8 Å². The minimum Gasteiger partial charge on any atom is -0.309 e. The van der Waals surface area contributed by atoms with Crippen LogP contribution in [0.5, 0.6) is 0 Å². The number of aromatic amines is 1. The average molecular weight is 492 g/mol. The number of nitrogens with zero attached hydrogens (tertiary/aromatic N) is 4. The Morgan fingerprint density at radius 1 is 1.24 bits per heavy atom. The van der Waals surface area contributed by atoms with Gasteiger partial charge in [0.25, 0.3) is 5.56 Å². The lowest BCUT2D eigenvalue weighted by atomic mass is 10.1. The Kier molecular flexibility index (Phi) is 6.01. The van der Waals surface area contributed by atoms with Crippen LogP contribution in [0.3, 0.4) is 0 Å². The Labute approximate surface area is 203 Å². The first-order valence-electron chi connectivity index (χ1n) is 10.4. The van der Waals surface area contributed by atoms with Crippen molar-refractivity contribution in [1.82, 2.24) is 24.7 Å². The van der Waals surface area contributed by atoms with Crippen LogP contribution in [-0.2, 0) is 6.54 Å². The number of allylic oxidation sites excluding steroid dienone is 1. The highest BCUT2D eigenvalue weighted by Gasteiger charge is 2.21. The summed E-state index contributed by atoms with van der Waals surface area (Å²) < 4.78 is 2.04. The first-order chi connectivity index (χ1) is 16.0. The van der Waals surface area contributed by atoms with Gasteiger partial charge in [0, 0.05) is 27.9 Å². The van der Waals surface area contributed by atoms with Crippen molar-refractivity contribution in [1.29, 1.82) is 0 Å². The third-order valence-corrected chi connectivity index (χ3v) is 8.09. The summed E-state index contributed by atoms with van der Waals surface area (Å²) in [4.78, 5) is 22.6. The number of H-pyrrole nitrogens is 1. The van der Waals surface area contributed by atoms with E-state index < -0.39 is 0 Å². The summed E-state index contributed by atoms with van der Waals surface area (Å²) in [5.41, 5.74) is 3.01. The molecular formula is C24H21N5OS3. The van der Waals surface area contributed by atoms with E-state index in [4.69, 9.17) is 4.98 Å². The molecule has 1 atom stereocenters. The van der Waals surface area contributed by atoms with Gasteiger partial charge < -0.3 is 4.98 Å². The maximum absolute atomic E-state index is 13.0. The molecule has 5 aromatic rings. The smallest absolute Gasteiger partial charge is 0.260 e. The molecule has 9 heteroatoms. The quantitative estimate of drug-likeness (QED) is 0.213. The number of aryl methyl sites for hydroxylation is 1. The molecule has 1 N–H and O–H groups in total. The van der Waals surface area contributed by atoms with Gasteiger partial charge in [-0.3, -0.25) is 9.36 Å². The molecule has 0 bridgehead atoms. The molecule has 0 spiro atoms. The number of hydrogen-bond acceptors (Lipinski definition) is 7. The highest BCUT2D eigenvalue weighted by atomic mass is 32.2. The summed E-state index contributed by atoms with van der Waals surface area (Å²) in [6, 6.07) is 12.2. The first kappa shape index (κ1) is 21.8. The number of aromatic nitrogens is 5. The number of benzene rings is 1. The van der Waals surface area contributed by atoms with Gasteiger partial charge >= 0.3 is 0 Å². The van der Waals surface area contributed by atoms with E-state index in [0.717, 1.165) is 37.4 Å². The summed E-state index contributed by atoms with van der Waals surface area (Å²) in [6.45, 7) is 8.55. The largest absolute Gasteiger partial charge is 0.309 e. The van der Waals surface area contributed by atoms with Crippen molar-refractivity contribution >= 4 is 44.7 Å². The standard InChI is InChI=1S/C24H21N5OS3/c1-4-10-29-21(16-8-5-7-14(2)12-16)27-28-24(29)33-15(3)20-25-22(30)19-17(13-32-23(19)26-20)18-9-6-11-31-18/h4-9,11-13,15H,1,10H2,2-3H3,(H,25,26,30). The summed E-state index contributed by atoms with van der Waals surface area (Å²) in [5, 5.41) is 14.2. The second-order valence-corrected chi connectivity index (χ2v) is 10.7. The highest BCUT2D eigenvalue weighted by molar-refractivity contribution is 7.99. The van der Waals surface area contributed by atoms with Gasteiger partial charge in [0.2, 0.25) is 0 Å². The van der Waals surface area contributed by atoms with Crippen molar-refractivity contribution in [2.75, 3.05) is 0 Å². The zero-order chi connectivity index (χ0) is 22.9. The van der Waals surface area contributed by atoms with Gasteiger partial charge in [-0.1, -0.05) is 47.7 Å². The van der Waals surface area contributed by atoms with Crippen LogP contribution in [0.25, 0.3) is 32.0 Å². The molecule has 0 fully saturated rings. The van der Waals surface area contributed by atoms with Gasteiger partial charge in [-0.2, -0.15) is 0 Å². The van der Waals surface area contributed by atoms with E-state index in [2.05, 4.69) is 40.8 Å². The Morgan fingerprint density at radius 3 is 2.88 bits per heavy atom. The summed E-state index contributed by atoms with van der Waals surface area (Å²) >= 11 is 4.64. The SMILES string of the molecule is C=CCn1c(SC(C)c2nc3scc(-c4cccs4)c3c(=O)[nH]2)nnc1-c1cccc(C)c1. The van der Waals surface area contributed by atoms with Crippen molar-refractivity contribution in [2.24, 2.45) is 0 Å². The fraction of sp³-hybridized carbons (Fsp3) is 0.167. The van der Waals surface area contributed by atoms with E-state index in [1.807, 2.05) is 52.6 Å². The predicted molar refractivity (Wildman–Crippen MR) is 138 cm³/mol. The molecule has 0 saturated heterocycles. The first-order valence-corrected chi connectivity index (χ1v) is 13.0. The van der Waals surface area contributed by atoms with Crippen LogP contribution in [0.15, 0.2) is 69.8 Å². The molecule has 0 aliphatic carbocycles. The number of nitrogens with one attached hydrogen (secondary N) is 1. The highest BCUT2D eigenvalue weighted by Crippen LogP contribution is 2.37. The van der Waals surface area contributed by atoms with E-state index in [1.54, 1.807) is 11.3 Å². The Balaban J connectivity index is 1.48. The number of thioether (sulfide) groups is 1. The normalized spacial score (nSPS) is 12.3. The molecule has 0 aliphatic heterocycles. The lowest BCUT2D eigenvalue weighted by Gasteiger charge is -2.12. The minimum absolute atomic E-state index is 0.111. The zero-order valence-electron chi connectivity index (χ0n) is 18.1. The minimum atomic E-state index is -0.118. The van der Waals surface area contributed by atoms with Crippen molar-refractivity contribution in [2.45, 2.75) is 30.8 Å². The van der Waals surface area contributed by atoms with E-state index >= 15 is 0 Å². The van der Waals surface area contributed by atoms with Gasteiger partial charge in [-0.05, 0) is 31.4 Å².